The Labute approximate surface area is 131 Å². The van der Waals surface area contributed by atoms with Crippen molar-refractivity contribution in [2.45, 2.75) is 18.7 Å². The molecule has 1 aromatic heterocycles. The van der Waals surface area contributed by atoms with Gasteiger partial charge in [-0.2, -0.15) is 0 Å². The van der Waals surface area contributed by atoms with Crippen molar-refractivity contribution in [3.8, 4) is 0 Å². The first kappa shape index (κ1) is 15.8. The molecule has 112 valence electrons. The number of nitrogens with two attached hydrogens (primary N) is 1. The Kier molecular flexibility index (Phi) is 5.59. The molecule has 4 nitrogen and oxygen atoms in total. The van der Waals surface area contributed by atoms with E-state index in [1.807, 2.05) is 18.2 Å². The summed E-state index contributed by atoms with van der Waals surface area (Å²) in [6, 6.07) is 10.4. The molecule has 1 unspecified atom stereocenters. The molecule has 0 aliphatic heterocycles. The zero-order chi connectivity index (χ0) is 15.2. The van der Waals surface area contributed by atoms with Crippen LogP contribution in [0, 0.1) is 0 Å². The zero-order valence-electron chi connectivity index (χ0n) is 11.5. The van der Waals surface area contributed by atoms with Gasteiger partial charge in [-0.15, -0.1) is 0 Å². The topological polar surface area (TPSA) is 65.1 Å². The van der Waals surface area contributed by atoms with E-state index >= 15 is 0 Å². The number of hydrogen-bond donors (Lipinski definition) is 1. The molecule has 2 aromatic rings. The van der Waals surface area contributed by atoms with Gasteiger partial charge in [-0.1, -0.05) is 29.8 Å². The van der Waals surface area contributed by atoms with Gasteiger partial charge in [0.25, 0.3) is 5.56 Å². The first-order chi connectivity index (χ1) is 10.1. The van der Waals surface area contributed by atoms with Crippen LogP contribution in [0.2, 0.25) is 5.02 Å². The second kappa shape index (κ2) is 7.43. The number of nitrogens with zero attached hydrogens (tertiary/aromatic N) is 1. The van der Waals surface area contributed by atoms with Crippen LogP contribution in [0.5, 0.6) is 0 Å². The van der Waals surface area contributed by atoms with Crippen molar-refractivity contribution in [3.63, 3.8) is 0 Å². The van der Waals surface area contributed by atoms with Crippen LogP contribution in [-0.2, 0) is 23.1 Å². The average Bonchev–Trinajstić information content (AvgIpc) is 2.45. The van der Waals surface area contributed by atoms with Crippen molar-refractivity contribution >= 4 is 28.1 Å². The van der Waals surface area contributed by atoms with E-state index in [1.165, 1.54) is 6.07 Å². The summed E-state index contributed by atoms with van der Waals surface area (Å²) in [7, 11) is -0.998. The molecule has 0 amide bonds. The molecule has 0 saturated carbocycles. The minimum atomic E-state index is -0.998. The van der Waals surface area contributed by atoms with Gasteiger partial charge in [-0.3, -0.25) is 9.00 Å². The van der Waals surface area contributed by atoms with Crippen molar-refractivity contribution in [3.05, 3.63) is 63.5 Å². The summed E-state index contributed by atoms with van der Waals surface area (Å²) >= 11 is 6.04. The summed E-state index contributed by atoms with van der Waals surface area (Å²) in [5.74, 6) is 0.956. The molecular weight excluding hydrogens is 308 g/mol. The molecule has 0 radical (unpaired) electrons. The molecule has 1 atom stereocenters. The molecular formula is C15H17ClN2O2S. The number of halogens is 1. The highest BCUT2D eigenvalue weighted by atomic mass is 35.5. The predicted molar refractivity (Wildman–Crippen MR) is 87.9 cm³/mol. The summed E-state index contributed by atoms with van der Waals surface area (Å²) in [4.78, 5) is 11.6. The molecule has 0 fully saturated rings. The fourth-order valence-corrected chi connectivity index (χ4v) is 3.46. The molecule has 1 aromatic carbocycles. The van der Waals surface area contributed by atoms with Gasteiger partial charge < -0.3 is 10.3 Å². The Morgan fingerprint density at radius 2 is 1.95 bits per heavy atom. The maximum Gasteiger partial charge on any atom is 0.250 e. The number of hydrogen-bond acceptors (Lipinski definition) is 3. The highest BCUT2D eigenvalue weighted by Gasteiger charge is 2.05. The molecule has 2 rings (SSSR count). The lowest BCUT2D eigenvalue weighted by atomic mass is 10.2. The lowest BCUT2D eigenvalue weighted by molar-refractivity contribution is 0.644. The summed E-state index contributed by atoms with van der Waals surface area (Å²) in [5.41, 5.74) is 6.98. The standard InChI is InChI=1S/C15H17ClN2O2S/c16-14-5-2-1-4-12(14)11-21(20)9-3-8-18-10-13(17)6-7-15(18)19/h1-2,4-7,10H,3,8-9,11,17H2. The Hall–Kier alpha value is -1.59. The van der Waals surface area contributed by atoms with Gasteiger partial charge in [0, 0.05) is 51.8 Å². The van der Waals surface area contributed by atoms with Gasteiger partial charge in [-0.05, 0) is 24.1 Å². The number of pyridine rings is 1. The van der Waals surface area contributed by atoms with E-state index < -0.39 is 10.8 Å². The van der Waals surface area contributed by atoms with E-state index in [0.717, 1.165) is 5.56 Å². The maximum atomic E-state index is 12.0. The number of aromatic nitrogens is 1. The number of nitrogen functional groups attached to an aromatic ring is 1. The molecule has 0 bridgehead atoms. The number of benzene rings is 1. The van der Waals surface area contributed by atoms with Gasteiger partial charge in [0.15, 0.2) is 0 Å². The first-order valence-corrected chi connectivity index (χ1v) is 8.47. The lowest BCUT2D eigenvalue weighted by Crippen LogP contribution is -2.20. The van der Waals surface area contributed by atoms with E-state index in [2.05, 4.69) is 0 Å². The Bertz CT molecular complexity index is 700. The van der Waals surface area contributed by atoms with Crippen LogP contribution in [0.15, 0.2) is 47.4 Å². The lowest BCUT2D eigenvalue weighted by Gasteiger charge is -2.07. The van der Waals surface area contributed by atoms with Crippen molar-refractivity contribution in [1.29, 1.82) is 0 Å². The second-order valence-corrected chi connectivity index (χ2v) is 6.71. The van der Waals surface area contributed by atoms with E-state index in [4.69, 9.17) is 17.3 Å². The van der Waals surface area contributed by atoms with E-state index in [1.54, 1.807) is 22.9 Å². The quantitative estimate of drug-likeness (QED) is 0.887. The van der Waals surface area contributed by atoms with Crippen molar-refractivity contribution < 1.29 is 4.21 Å². The normalized spacial score (nSPS) is 12.2. The number of aryl methyl sites for hydroxylation is 1. The molecule has 0 spiro atoms. The van der Waals surface area contributed by atoms with Gasteiger partial charge in [0.2, 0.25) is 0 Å². The van der Waals surface area contributed by atoms with Crippen LogP contribution in [0.25, 0.3) is 0 Å². The fraction of sp³-hybridized carbons (Fsp3) is 0.267. The molecule has 6 heteroatoms. The number of anilines is 1. The third-order valence-electron chi connectivity index (χ3n) is 3.05. The van der Waals surface area contributed by atoms with Gasteiger partial charge in [0.05, 0.1) is 0 Å². The van der Waals surface area contributed by atoms with Gasteiger partial charge in [0.1, 0.15) is 0 Å². The summed E-state index contributed by atoms with van der Waals surface area (Å²) in [6.07, 6.45) is 2.26. The van der Waals surface area contributed by atoms with Crippen LogP contribution in [-0.4, -0.2) is 14.5 Å². The van der Waals surface area contributed by atoms with Crippen molar-refractivity contribution in [1.82, 2.24) is 4.57 Å². The Morgan fingerprint density at radius 1 is 1.19 bits per heavy atom. The van der Waals surface area contributed by atoms with E-state index in [9.17, 15) is 9.00 Å². The van der Waals surface area contributed by atoms with Crippen LogP contribution < -0.4 is 11.3 Å². The zero-order valence-corrected chi connectivity index (χ0v) is 13.1. The van der Waals surface area contributed by atoms with Crippen LogP contribution in [0.1, 0.15) is 12.0 Å². The summed E-state index contributed by atoms with van der Waals surface area (Å²) in [6.45, 7) is 0.512. The Morgan fingerprint density at radius 3 is 2.71 bits per heavy atom. The molecule has 0 aliphatic carbocycles. The summed E-state index contributed by atoms with van der Waals surface area (Å²) in [5, 5.41) is 0.637. The van der Waals surface area contributed by atoms with Gasteiger partial charge in [-0.25, -0.2) is 0 Å². The second-order valence-electron chi connectivity index (χ2n) is 4.73. The van der Waals surface area contributed by atoms with Crippen LogP contribution >= 0.6 is 11.6 Å². The maximum absolute atomic E-state index is 12.0. The predicted octanol–water partition coefficient (Wildman–Crippen LogP) is 2.42. The minimum absolute atomic E-state index is 0.0962. The number of rotatable bonds is 6. The largest absolute Gasteiger partial charge is 0.398 e. The van der Waals surface area contributed by atoms with Crippen molar-refractivity contribution in [2.75, 3.05) is 11.5 Å². The molecule has 1 heterocycles. The molecule has 21 heavy (non-hydrogen) atoms. The Balaban J connectivity index is 1.86. The molecule has 2 N–H and O–H groups in total. The van der Waals surface area contributed by atoms with E-state index in [-0.39, 0.29) is 5.56 Å². The van der Waals surface area contributed by atoms with Gasteiger partial charge >= 0.3 is 0 Å². The third kappa shape index (κ3) is 4.72. The average molecular weight is 325 g/mol. The highest BCUT2D eigenvalue weighted by Crippen LogP contribution is 2.16. The summed E-state index contributed by atoms with van der Waals surface area (Å²) < 4.78 is 13.6. The first-order valence-electron chi connectivity index (χ1n) is 6.60. The molecule has 0 saturated heterocycles. The highest BCUT2D eigenvalue weighted by molar-refractivity contribution is 7.84. The van der Waals surface area contributed by atoms with Crippen LogP contribution in [0.3, 0.4) is 0 Å². The molecule has 0 aliphatic rings. The van der Waals surface area contributed by atoms with Crippen molar-refractivity contribution in [2.24, 2.45) is 0 Å². The third-order valence-corrected chi connectivity index (χ3v) is 4.80. The fourth-order valence-electron chi connectivity index (χ4n) is 1.98. The smallest absolute Gasteiger partial charge is 0.250 e. The SMILES string of the molecule is Nc1ccc(=O)n(CCCS(=O)Cc2ccccc2Cl)c1. The monoisotopic (exact) mass is 324 g/mol. The van der Waals surface area contributed by atoms with E-state index in [0.29, 0.717) is 35.2 Å². The minimum Gasteiger partial charge on any atom is -0.398 e. The van der Waals surface area contributed by atoms with Crippen LogP contribution in [0.4, 0.5) is 5.69 Å².